The number of amides is 1. The van der Waals surface area contributed by atoms with Crippen molar-refractivity contribution in [2.75, 3.05) is 13.2 Å². The number of hydrogen-bond acceptors (Lipinski definition) is 3. The fourth-order valence-electron chi connectivity index (χ4n) is 1.13. The standard InChI is InChI=1S/C11H19NO4/c1-5-6-16-10(15)12-7-8(9(13)14)11(2,3)4/h5,8H,1,6-7H2,2-4H3,(H,12,15)(H,13,14). The van der Waals surface area contributed by atoms with Crippen molar-refractivity contribution in [3.63, 3.8) is 0 Å². The first-order chi connectivity index (χ1) is 7.29. The van der Waals surface area contributed by atoms with Crippen LogP contribution in [0.3, 0.4) is 0 Å². The van der Waals surface area contributed by atoms with Crippen molar-refractivity contribution < 1.29 is 19.4 Å². The summed E-state index contributed by atoms with van der Waals surface area (Å²) >= 11 is 0. The smallest absolute Gasteiger partial charge is 0.407 e. The van der Waals surface area contributed by atoms with E-state index in [1.165, 1.54) is 6.08 Å². The summed E-state index contributed by atoms with van der Waals surface area (Å²) in [5, 5.41) is 11.4. The first kappa shape index (κ1) is 14.5. The number of nitrogens with one attached hydrogen (secondary N) is 1. The van der Waals surface area contributed by atoms with Gasteiger partial charge in [0.25, 0.3) is 0 Å². The maximum Gasteiger partial charge on any atom is 0.407 e. The number of aliphatic carboxylic acids is 1. The highest BCUT2D eigenvalue weighted by Gasteiger charge is 2.31. The number of alkyl carbamates (subject to hydrolysis) is 1. The molecule has 0 aliphatic heterocycles. The molecule has 1 unspecified atom stereocenters. The monoisotopic (exact) mass is 229 g/mol. The molecule has 0 rings (SSSR count). The van der Waals surface area contributed by atoms with Crippen molar-refractivity contribution in [2.24, 2.45) is 11.3 Å². The van der Waals surface area contributed by atoms with Crippen LogP contribution in [-0.4, -0.2) is 30.3 Å². The average molecular weight is 229 g/mol. The van der Waals surface area contributed by atoms with Crippen LogP contribution in [0.4, 0.5) is 4.79 Å². The molecule has 0 bridgehead atoms. The van der Waals surface area contributed by atoms with Gasteiger partial charge in [0.1, 0.15) is 6.61 Å². The maximum absolute atomic E-state index is 11.1. The van der Waals surface area contributed by atoms with Crippen LogP contribution >= 0.6 is 0 Å². The van der Waals surface area contributed by atoms with Gasteiger partial charge in [0.05, 0.1) is 5.92 Å². The molecule has 0 fully saturated rings. The minimum Gasteiger partial charge on any atom is -0.481 e. The lowest BCUT2D eigenvalue weighted by Gasteiger charge is -2.26. The van der Waals surface area contributed by atoms with Gasteiger partial charge in [-0.15, -0.1) is 0 Å². The number of carbonyl (C=O) groups is 2. The molecule has 0 aromatic carbocycles. The average Bonchev–Trinajstić information content (AvgIpc) is 2.12. The number of hydrogen-bond donors (Lipinski definition) is 2. The second kappa shape index (κ2) is 6.15. The Labute approximate surface area is 95.5 Å². The molecule has 1 amide bonds. The highest BCUT2D eigenvalue weighted by molar-refractivity contribution is 5.73. The zero-order valence-corrected chi connectivity index (χ0v) is 9.95. The third kappa shape index (κ3) is 5.38. The minimum atomic E-state index is -0.934. The summed E-state index contributed by atoms with van der Waals surface area (Å²) in [5.74, 6) is -1.58. The predicted molar refractivity (Wildman–Crippen MR) is 60.1 cm³/mol. The molecular weight excluding hydrogens is 210 g/mol. The molecule has 0 saturated heterocycles. The number of ether oxygens (including phenoxy) is 1. The van der Waals surface area contributed by atoms with Gasteiger partial charge in [-0.25, -0.2) is 4.79 Å². The Bertz CT molecular complexity index is 268. The van der Waals surface area contributed by atoms with E-state index in [-0.39, 0.29) is 13.2 Å². The molecule has 0 spiro atoms. The van der Waals surface area contributed by atoms with Gasteiger partial charge in [0.15, 0.2) is 0 Å². The van der Waals surface area contributed by atoms with E-state index in [0.29, 0.717) is 0 Å². The molecule has 0 aliphatic carbocycles. The van der Waals surface area contributed by atoms with Crippen LogP contribution in [0.5, 0.6) is 0 Å². The lowest BCUT2D eigenvalue weighted by atomic mass is 9.81. The second-order valence-corrected chi connectivity index (χ2v) is 4.52. The van der Waals surface area contributed by atoms with E-state index in [9.17, 15) is 9.59 Å². The molecule has 0 aliphatic rings. The zero-order chi connectivity index (χ0) is 12.8. The predicted octanol–water partition coefficient (Wildman–Crippen LogP) is 1.65. The number of carboxylic acid groups (broad SMARTS) is 1. The Morgan fingerprint density at radius 3 is 2.44 bits per heavy atom. The lowest BCUT2D eigenvalue weighted by Crippen LogP contribution is -2.39. The van der Waals surface area contributed by atoms with Gasteiger partial charge in [0, 0.05) is 6.54 Å². The van der Waals surface area contributed by atoms with Gasteiger partial charge < -0.3 is 15.2 Å². The Morgan fingerprint density at radius 2 is 2.06 bits per heavy atom. The Hall–Kier alpha value is -1.52. The number of carbonyl (C=O) groups excluding carboxylic acids is 1. The number of rotatable bonds is 5. The molecule has 0 radical (unpaired) electrons. The van der Waals surface area contributed by atoms with Crippen molar-refractivity contribution in [1.82, 2.24) is 5.32 Å². The molecule has 5 nitrogen and oxygen atoms in total. The lowest BCUT2D eigenvalue weighted by molar-refractivity contribution is -0.145. The van der Waals surface area contributed by atoms with E-state index >= 15 is 0 Å². The van der Waals surface area contributed by atoms with Gasteiger partial charge in [-0.2, -0.15) is 0 Å². The van der Waals surface area contributed by atoms with E-state index in [0.717, 1.165) is 0 Å². The summed E-state index contributed by atoms with van der Waals surface area (Å²) in [4.78, 5) is 22.0. The molecule has 0 aromatic heterocycles. The largest absolute Gasteiger partial charge is 0.481 e. The molecule has 0 aromatic rings. The molecule has 92 valence electrons. The molecule has 2 N–H and O–H groups in total. The minimum absolute atomic E-state index is 0.0504. The topological polar surface area (TPSA) is 75.6 Å². The molecular formula is C11H19NO4. The van der Waals surface area contributed by atoms with Crippen molar-refractivity contribution >= 4 is 12.1 Å². The Morgan fingerprint density at radius 1 is 1.50 bits per heavy atom. The van der Waals surface area contributed by atoms with E-state index in [2.05, 4.69) is 16.6 Å². The van der Waals surface area contributed by atoms with Gasteiger partial charge in [-0.3, -0.25) is 4.79 Å². The summed E-state index contributed by atoms with van der Waals surface area (Å²) in [7, 11) is 0. The van der Waals surface area contributed by atoms with E-state index in [1.54, 1.807) is 0 Å². The summed E-state index contributed by atoms with van der Waals surface area (Å²) in [5.41, 5.74) is -0.419. The van der Waals surface area contributed by atoms with Crippen LogP contribution in [0.15, 0.2) is 12.7 Å². The SMILES string of the molecule is C=CCOC(=O)NCC(C(=O)O)C(C)(C)C. The van der Waals surface area contributed by atoms with E-state index in [1.807, 2.05) is 20.8 Å². The van der Waals surface area contributed by atoms with Crippen molar-refractivity contribution in [1.29, 1.82) is 0 Å². The van der Waals surface area contributed by atoms with Crippen molar-refractivity contribution in [2.45, 2.75) is 20.8 Å². The highest BCUT2D eigenvalue weighted by atomic mass is 16.5. The van der Waals surface area contributed by atoms with Crippen LogP contribution in [0.1, 0.15) is 20.8 Å². The Balaban J connectivity index is 4.18. The molecule has 0 saturated carbocycles. The van der Waals surface area contributed by atoms with Crippen LogP contribution < -0.4 is 5.32 Å². The van der Waals surface area contributed by atoms with Crippen LogP contribution in [0, 0.1) is 11.3 Å². The van der Waals surface area contributed by atoms with Crippen LogP contribution in [0.2, 0.25) is 0 Å². The van der Waals surface area contributed by atoms with E-state index in [4.69, 9.17) is 5.11 Å². The third-order valence-corrected chi connectivity index (χ3v) is 2.13. The van der Waals surface area contributed by atoms with Crippen molar-refractivity contribution in [3.8, 4) is 0 Å². The molecule has 5 heteroatoms. The first-order valence-corrected chi connectivity index (χ1v) is 5.03. The maximum atomic E-state index is 11.1. The zero-order valence-electron chi connectivity index (χ0n) is 9.95. The molecule has 0 heterocycles. The normalized spacial score (nSPS) is 12.7. The van der Waals surface area contributed by atoms with Crippen LogP contribution in [0.25, 0.3) is 0 Å². The van der Waals surface area contributed by atoms with Gasteiger partial charge in [0.2, 0.25) is 0 Å². The third-order valence-electron chi connectivity index (χ3n) is 2.13. The first-order valence-electron chi connectivity index (χ1n) is 5.03. The van der Waals surface area contributed by atoms with Gasteiger partial charge in [-0.1, -0.05) is 33.4 Å². The molecule has 16 heavy (non-hydrogen) atoms. The van der Waals surface area contributed by atoms with Gasteiger partial charge in [-0.05, 0) is 5.41 Å². The second-order valence-electron chi connectivity index (χ2n) is 4.52. The quantitative estimate of drug-likeness (QED) is 0.703. The molecule has 1 atom stereocenters. The van der Waals surface area contributed by atoms with E-state index < -0.39 is 23.4 Å². The summed E-state index contributed by atoms with van der Waals surface area (Å²) in [6.07, 6.45) is 0.813. The fourth-order valence-corrected chi connectivity index (χ4v) is 1.13. The van der Waals surface area contributed by atoms with Gasteiger partial charge >= 0.3 is 12.1 Å². The summed E-state index contributed by atoms with van der Waals surface area (Å²) in [6.45, 7) is 8.98. The number of carboxylic acids is 1. The fraction of sp³-hybridized carbons (Fsp3) is 0.636. The summed E-state index contributed by atoms with van der Waals surface area (Å²) < 4.78 is 4.67. The summed E-state index contributed by atoms with van der Waals surface area (Å²) in [6, 6.07) is 0. The van der Waals surface area contributed by atoms with Crippen LogP contribution in [-0.2, 0) is 9.53 Å². The van der Waals surface area contributed by atoms with Crippen molar-refractivity contribution in [3.05, 3.63) is 12.7 Å². The Kier molecular flexibility index (Phi) is 5.56. The highest BCUT2D eigenvalue weighted by Crippen LogP contribution is 2.25.